The molecule has 4 rings (SSSR count). The summed E-state index contributed by atoms with van der Waals surface area (Å²) in [7, 11) is 0. The maximum Gasteiger partial charge on any atom is 0.449 e. The Kier molecular flexibility index (Phi) is 2.51. The number of hydrogen-bond acceptors (Lipinski definition) is 2. The molecule has 4 aliphatic rings. The van der Waals surface area contributed by atoms with Gasteiger partial charge in [-0.25, -0.2) is 0 Å². The smallest absolute Gasteiger partial charge is 0.449 e. The molecule has 0 aromatic heterocycles. The third-order valence-electron chi connectivity index (χ3n) is 4.71. The number of allylic oxidation sites excluding steroid dienone is 2. The number of rotatable bonds is 0. The molecule has 4 saturated carbocycles. The van der Waals surface area contributed by atoms with Crippen LogP contribution in [0.1, 0.15) is 32.1 Å². The summed E-state index contributed by atoms with van der Waals surface area (Å²) < 4.78 is 37.9. The van der Waals surface area contributed by atoms with E-state index in [1.807, 2.05) is 0 Å². The predicted octanol–water partition coefficient (Wildman–Crippen LogP) is 3.39. The van der Waals surface area contributed by atoms with Crippen LogP contribution in [0.5, 0.6) is 0 Å². The molecule has 0 heterocycles. The Bertz CT molecular complexity index is 410. The van der Waals surface area contributed by atoms with E-state index in [1.165, 1.54) is 0 Å². The SMILES string of the molecule is O=C1/C(=C(\O)C(F)(F)F)C2C[C@H]3CC1C[C@@H](C2)C3. The molecule has 0 aromatic rings. The van der Waals surface area contributed by atoms with Gasteiger partial charge in [-0.1, -0.05) is 0 Å². The largest absolute Gasteiger partial charge is 0.504 e. The summed E-state index contributed by atoms with van der Waals surface area (Å²) in [6, 6.07) is 0. The average molecular weight is 260 g/mol. The second-order valence-corrected chi connectivity index (χ2v) is 5.93. The van der Waals surface area contributed by atoms with Crippen molar-refractivity contribution < 1.29 is 23.1 Å². The highest BCUT2D eigenvalue weighted by molar-refractivity contribution is 5.98. The molecule has 4 atom stereocenters. The molecule has 100 valence electrons. The summed E-state index contributed by atoms with van der Waals surface area (Å²) in [6.45, 7) is 0. The highest BCUT2D eigenvalue weighted by Crippen LogP contribution is 2.52. The molecule has 2 unspecified atom stereocenters. The van der Waals surface area contributed by atoms with Gasteiger partial charge >= 0.3 is 6.18 Å². The minimum Gasteiger partial charge on any atom is -0.504 e. The van der Waals surface area contributed by atoms with Crippen molar-refractivity contribution in [2.45, 2.75) is 38.3 Å². The van der Waals surface area contributed by atoms with Crippen LogP contribution in [0.4, 0.5) is 13.2 Å². The number of halogens is 3. The lowest BCUT2D eigenvalue weighted by Crippen LogP contribution is -2.28. The van der Waals surface area contributed by atoms with Gasteiger partial charge in [0.1, 0.15) is 0 Å². The first-order chi connectivity index (χ1) is 8.36. The zero-order valence-corrected chi connectivity index (χ0v) is 9.83. The highest BCUT2D eigenvalue weighted by Gasteiger charge is 2.50. The van der Waals surface area contributed by atoms with Crippen LogP contribution in [0.25, 0.3) is 0 Å². The molecule has 0 aliphatic heterocycles. The minimum absolute atomic E-state index is 0.291. The van der Waals surface area contributed by atoms with Crippen LogP contribution in [-0.4, -0.2) is 17.1 Å². The summed E-state index contributed by atoms with van der Waals surface area (Å²) >= 11 is 0. The molecular weight excluding hydrogens is 245 g/mol. The van der Waals surface area contributed by atoms with Gasteiger partial charge in [0.25, 0.3) is 0 Å². The molecule has 5 heteroatoms. The number of carbonyl (C=O) groups is 1. The van der Waals surface area contributed by atoms with E-state index < -0.39 is 17.7 Å². The maximum absolute atomic E-state index is 12.6. The Hall–Kier alpha value is -1.00. The lowest BCUT2D eigenvalue weighted by Gasteiger charge is -2.37. The Morgan fingerprint density at radius 2 is 1.50 bits per heavy atom. The highest BCUT2D eigenvalue weighted by atomic mass is 19.4. The van der Waals surface area contributed by atoms with Crippen LogP contribution in [0.15, 0.2) is 11.3 Å². The van der Waals surface area contributed by atoms with Gasteiger partial charge in [0.2, 0.25) is 5.76 Å². The number of ketones is 1. The average Bonchev–Trinajstić information content (AvgIpc) is 2.39. The third kappa shape index (κ3) is 1.75. The molecule has 0 aromatic carbocycles. The lowest BCUT2D eigenvalue weighted by atomic mass is 9.67. The van der Waals surface area contributed by atoms with Crippen LogP contribution >= 0.6 is 0 Å². The monoisotopic (exact) mass is 260 g/mol. The van der Waals surface area contributed by atoms with Crippen molar-refractivity contribution in [1.29, 1.82) is 0 Å². The van der Waals surface area contributed by atoms with Gasteiger partial charge < -0.3 is 5.11 Å². The Morgan fingerprint density at radius 1 is 1.00 bits per heavy atom. The summed E-state index contributed by atoms with van der Waals surface area (Å²) in [6.07, 6.45) is -1.07. The fourth-order valence-corrected chi connectivity index (χ4v) is 4.18. The Morgan fingerprint density at radius 3 is 2.00 bits per heavy atom. The Balaban J connectivity index is 2.07. The second kappa shape index (κ2) is 3.75. The van der Waals surface area contributed by atoms with Crippen LogP contribution in [0.3, 0.4) is 0 Å². The van der Waals surface area contributed by atoms with Gasteiger partial charge in [-0.2, -0.15) is 13.2 Å². The molecule has 1 N–H and O–H groups in total. The van der Waals surface area contributed by atoms with Crippen molar-refractivity contribution in [3.8, 4) is 0 Å². The molecular formula is C13H15F3O2. The van der Waals surface area contributed by atoms with E-state index in [4.69, 9.17) is 0 Å². The van der Waals surface area contributed by atoms with E-state index in [-0.39, 0.29) is 17.4 Å². The molecule has 18 heavy (non-hydrogen) atoms. The van der Waals surface area contributed by atoms with Gasteiger partial charge in [0.15, 0.2) is 5.78 Å². The van der Waals surface area contributed by atoms with Crippen LogP contribution in [0, 0.1) is 23.7 Å². The van der Waals surface area contributed by atoms with Crippen LogP contribution in [-0.2, 0) is 4.79 Å². The maximum atomic E-state index is 12.6. The second-order valence-electron chi connectivity index (χ2n) is 5.93. The molecule has 0 saturated heterocycles. The standard InChI is InChI=1S/C13H15F3O2/c14-13(15,16)12(18)10-8-2-6-1-7(3-8)5-9(4-6)11(10)17/h6-9,18H,1-5H2/b12-10-/t6-,7+,8?,9?. The predicted molar refractivity (Wildman–Crippen MR) is 57.8 cm³/mol. The topological polar surface area (TPSA) is 37.3 Å². The number of aliphatic hydroxyl groups excluding tert-OH is 1. The van der Waals surface area contributed by atoms with Crippen molar-refractivity contribution in [3.63, 3.8) is 0 Å². The summed E-state index contributed by atoms with van der Waals surface area (Å²) in [5, 5.41) is 9.39. The van der Waals surface area contributed by atoms with E-state index in [1.54, 1.807) is 0 Å². The summed E-state index contributed by atoms with van der Waals surface area (Å²) in [5.74, 6) is -2.01. The van der Waals surface area contributed by atoms with Crippen molar-refractivity contribution in [2.75, 3.05) is 0 Å². The number of alkyl halides is 3. The number of fused-ring (bicyclic) bond motifs is 1. The van der Waals surface area contributed by atoms with E-state index in [0.717, 1.165) is 6.42 Å². The van der Waals surface area contributed by atoms with Crippen molar-refractivity contribution >= 4 is 5.78 Å². The van der Waals surface area contributed by atoms with Gasteiger partial charge in [-0.3, -0.25) is 4.79 Å². The van der Waals surface area contributed by atoms with Crippen molar-refractivity contribution in [3.05, 3.63) is 11.3 Å². The van der Waals surface area contributed by atoms with Crippen LogP contribution < -0.4 is 0 Å². The summed E-state index contributed by atoms with van der Waals surface area (Å²) in [4.78, 5) is 12.2. The minimum atomic E-state index is -4.80. The molecule has 4 fully saturated rings. The van der Waals surface area contributed by atoms with Crippen molar-refractivity contribution in [1.82, 2.24) is 0 Å². The molecule has 0 radical (unpaired) electrons. The molecule has 0 spiro atoms. The van der Waals surface area contributed by atoms with Crippen molar-refractivity contribution in [2.24, 2.45) is 23.7 Å². The zero-order valence-electron chi connectivity index (χ0n) is 9.83. The van der Waals surface area contributed by atoms with E-state index in [9.17, 15) is 23.1 Å². The van der Waals surface area contributed by atoms with Crippen LogP contribution in [0.2, 0.25) is 0 Å². The van der Waals surface area contributed by atoms with Gasteiger partial charge in [-0.15, -0.1) is 0 Å². The fraction of sp³-hybridized carbons (Fsp3) is 0.769. The Labute approximate surface area is 103 Å². The lowest BCUT2D eigenvalue weighted by molar-refractivity contribution is -0.129. The normalized spacial score (nSPS) is 42.1. The van der Waals surface area contributed by atoms with Gasteiger partial charge in [-0.05, 0) is 49.9 Å². The third-order valence-corrected chi connectivity index (χ3v) is 4.71. The molecule has 0 amide bonds. The molecule has 4 aliphatic carbocycles. The number of Topliss-reactive ketones (excluding diaryl/α,β-unsaturated/α-hetero) is 1. The van der Waals surface area contributed by atoms with E-state index in [2.05, 4.69) is 0 Å². The molecule has 4 bridgehead atoms. The van der Waals surface area contributed by atoms with Gasteiger partial charge in [0.05, 0.1) is 0 Å². The molecule has 2 nitrogen and oxygen atoms in total. The quantitative estimate of drug-likeness (QED) is 0.535. The first-order valence-electron chi connectivity index (χ1n) is 6.40. The van der Waals surface area contributed by atoms with E-state index >= 15 is 0 Å². The number of hydrogen-bond donors (Lipinski definition) is 1. The number of carbonyl (C=O) groups excluding carboxylic acids is 1. The van der Waals surface area contributed by atoms with Gasteiger partial charge in [0, 0.05) is 11.5 Å². The zero-order chi connectivity index (χ0) is 13.1. The summed E-state index contributed by atoms with van der Waals surface area (Å²) in [5.41, 5.74) is -0.322. The van der Waals surface area contributed by atoms with E-state index in [0.29, 0.717) is 37.5 Å². The first kappa shape index (κ1) is 12.1. The fourth-order valence-electron chi connectivity index (χ4n) is 4.18. The number of aliphatic hydroxyl groups is 1. The first-order valence-corrected chi connectivity index (χ1v) is 6.40.